The third kappa shape index (κ3) is 2.97. The van der Waals surface area contributed by atoms with Crippen LogP contribution in [0, 0.1) is 0 Å². The molecule has 0 bridgehead atoms. The van der Waals surface area contributed by atoms with Gasteiger partial charge in [-0.1, -0.05) is 0 Å². The Kier molecular flexibility index (Phi) is 4.14. The highest BCUT2D eigenvalue weighted by Gasteiger charge is 2.34. The molecule has 1 N–H and O–H groups in total. The van der Waals surface area contributed by atoms with Gasteiger partial charge in [0.05, 0.1) is 24.7 Å². The van der Waals surface area contributed by atoms with Crippen molar-refractivity contribution in [3.8, 4) is 0 Å². The largest absolute Gasteiger partial charge is 0.359 e. The number of aromatic nitrogens is 3. The first-order chi connectivity index (χ1) is 11.0. The number of amides is 1. The maximum absolute atomic E-state index is 12.8. The van der Waals surface area contributed by atoms with Crippen molar-refractivity contribution in [2.45, 2.75) is 23.9 Å². The van der Waals surface area contributed by atoms with E-state index in [2.05, 4.69) is 15.4 Å². The van der Waals surface area contributed by atoms with Crippen LogP contribution in [0.5, 0.6) is 0 Å². The minimum atomic E-state index is -3.66. The van der Waals surface area contributed by atoms with Gasteiger partial charge in [0, 0.05) is 32.2 Å². The van der Waals surface area contributed by atoms with Crippen LogP contribution < -0.4 is 5.32 Å². The quantitative estimate of drug-likeness (QED) is 0.858. The van der Waals surface area contributed by atoms with E-state index in [0.29, 0.717) is 0 Å². The van der Waals surface area contributed by atoms with E-state index in [4.69, 9.17) is 0 Å². The van der Waals surface area contributed by atoms with Gasteiger partial charge in [-0.25, -0.2) is 8.42 Å². The molecule has 2 aromatic rings. The molecule has 0 unspecified atom stereocenters. The maximum atomic E-state index is 12.8. The number of nitrogens with one attached hydrogen (secondary N) is 1. The lowest BCUT2D eigenvalue weighted by Gasteiger charge is -2.32. The van der Waals surface area contributed by atoms with Gasteiger partial charge in [-0.05, 0) is 18.2 Å². The van der Waals surface area contributed by atoms with E-state index in [1.54, 1.807) is 30.1 Å². The molecule has 122 valence electrons. The zero-order valence-corrected chi connectivity index (χ0v) is 13.4. The minimum Gasteiger partial charge on any atom is -0.359 e. The Hall–Kier alpha value is -2.26. The first kappa shape index (κ1) is 15.6. The Morgan fingerprint density at radius 1 is 1.39 bits per heavy atom. The first-order valence-electron chi connectivity index (χ1n) is 7.15. The molecule has 9 heteroatoms. The minimum absolute atomic E-state index is 0.145. The van der Waals surface area contributed by atoms with E-state index in [9.17, 15) is 13.2 Å². The molecule has 0 aliphatic carbocycles. The van der Waals surface area contributed by atoms with Crippen molar-refractivity contribution in [3.05, 3.63) is 42.5 Å². The van der Waals surface area contributed by atoms with Gasteiger partial charge in [-0.2, -0.15) is 9.40 Å². The predicted molar refractivity (Wildman–Crippen MR) is 81.8 cm³/mol. The predicted octanol–water partition coefficient (Wildman–Crippen LogP) is 0.160. The number of carbonyl (C=O) groups is 1. The van der Waals surface area contributed by atoms with E-state index in [1.807, 2.05) is 0 Å². The van der Waals surface area contributed by atoms with Crippen LogP contribution in [-0.4, -0.2) is 47.0 Å². The van der Waals surface area contributed by atoms with E-state index < -0.39 is 10.0 Å². The molecule has 0 spiro atoms. The molecule has 1 amide bonds. The lowest BCUT2D eigenvalue weighted by molar-refractivity contribution is -0.121. The molecule has 2 aromatic heterocycles. The van der Waals surface area contributed by atoms with Crippen molar-refractivity contribution in [1.82, 2.24) is 24.4 Å². The summed E-state index contributed by atoms with van der Waals surface area (Å²) in [6.45, 7) is 0.417. The van der Waals surface area contributed by atoms with Crippen LogP contribution in [0.2, 0.25) is 0 Å². The zero-order chi connectivity index (χ0) is 16.4. The SMILES string of the molecule is CNC(=O)C[C@@H]1CN(S(=O)(=O)c2cccnc2)Cc2ccnn21. The second-order valence-corrected chi connectivity index (χ2v) is 7.22. The highest BCUT2D eigenvalue weighted by molar-refractivity contribution is 7.89. The van der Waals surface area contributed by atoms with Crippen molar-refractivity contribution in [3.63, 3.8) is 0 Å². The molecule has 0 aromatic carbocycles. The normalized spacial score (nSPS) is 18.4. The molecule has 0 saturated heterocycles. The van der Waals surface area contributed by atoms with Crippen LogP contribution in [0.1, 0.15) is 18.2 Å². The Labute approximate surface area is 134 Å². The number of pyridine rings is 1. The highest BCUT2D eigenvalue weighted by Crippen LogP contribution is 2.27. The van der Waals surface area contributed by atoms with Gasteiger partial charge < -0.3 is 5.32 Å². The molecule has 3 rings (SSSR count). The van der Waals surface area contributed by atoms with Gasteiger partial charge >= 0.3 is 0 Å². The van der Waals surface area contributed by atoms with E-state index >= 15 is 0 Å². The molecule has 1 aliphatic rings. The van der Waals surface area contributed by atoms with E-state index in [0.717, 1.165) is 5.69 Å². The standard InChI is InChI=1S/C14H17N5O3S/c1-15-14(20)7-12-10-18(9-11-4-6-17-19(11)12)23(21,22)13-3-2-5-16-8-13/h2-6,8,12H,7,9-10H2,1H3,(H,15,20)/t12-/m1/s1. The van der Waals surface area contributed by atoms with Gasteiger partial charge in [0.1, 0.15) is 4.90 Å². The molecule has 8 nitrogen and oxygen atoms in total. The van der Waals surface area contributed by atoms with Gasteiger partial charge in [-0.15, -0.1) is 0 Å². The fraction of sp³-hybridized carbons (Fsp3) is 0.357. The molecular weight excluding hydrogens is 318 g/mol. The van der Waals surface area contributed by atoms with Crippen molar-refractivity contribution < 1.29 is 13.2 Å². The summed E-state index contributed by atoms with van der Waals surface area (Å²) in [6, 6.07) is 4.53. The van der Waals surface area contributed by atoms with Crippen LogP contribution >= 0.6 is 0 Å². The molecule has 1 atom stereocenters. The average Bonchev–Trinajstić information content (AvgIpc) is 3.04. The number of fused-ring (bicyclic) bond motifs is 1. The third-order valence-electron chi connectivity index (χ3n) is 3.82. The second kappa shape index (κ2) is 6.09. The van der Waals surface area contributed by atoms with E-state index in [-0.39, 0.29) is 36.4 Å². The van der Waals surface area contributed by atoms with Gasteiger partial charge in [0.15, 0.2) is 0 Å². The number of rotatable bonds is 4. The summed E-state index contributed by atoms with van der Waals surface area (Å²) in [5.74, 6) is -0.155. The lowest BCUT2D eigenvalue weighted by atomic mass is 10.1. The van der Waals surface area contributed by atoms with Crippen molar-refractivity contribution in [2.24, 2.45) is 0 Å². The Morgan fingerprint density at radius 2 is 2.22 bits per heavy atom. The van der Waals surface area contributed by atoms with Gasteiger partial charge in [-0.3, -0.25) is 14.5 Å². The van der Waals surface area contributed by atoms with Gasteiger partial charge in [0.2, 0.25) is 15.9 Å². The molecule has 23 heavy (non-hydrogen) atoms. The van der Waals surface area contributed by atoms with Crippen molar-refractivity contribution in [2.75, 3.05) is 13.6 Å². The number of hydrogen-bond acceptors (Lipinski definition) is 5. The van der Waals surface area contributed by atoms with Crippen LogP contribution in [0.3, 0.4) is 0 Å². The lowest BCUT2D eigenvalue weighted by Crippen LogP contribution is -2.42. The Bertz CT molecular complexity index is 803. The average molecular weight is 335 g/mol. The Morgan fingerprint density at radius 3 is 2.91 bits per heavy atom. The fourth-order valence-electron chi connectivity index (χ4n) is 2.65. The van der Waals surface area contributed by atoms with Crippen LogP contribution in [0.15, 0.2) is 41.7 Å². The zero-order valence-electron chi connectivity index (χ0n) is 12.6. The summed E-state index contributed by atoms with van der Waals surface area (Å²) in [4.78, 5) is 15.7. The molecule has 0 saturated carbocycles. The van der Waals surface area contributed by atoms with Crippen LogP contribution in [-0.2, 0) is 21.4 Å². The summed E-state index contributed by atoms with van der Waals surface area (Å²) < 4.78 is 28.6. The number of sulfonamides is 1. The van der Waals surface area contributed by atoms with Crippen LogP contribution in [0.25, 0.3) is 0 Å². The highest BCUT2D eigenvalue weighted by atomic mass is 32.2. The number of nitrogens with zero attached hydrogens (tertiary/aromatic N) is 4. The Balaban J connectivity index is 1.92. The summed E-state index contributed by atoms with van der Waals surface area (Å²) >= 11 is 0. The topological polar surface area (TPSA) is 97.2 Å². The first-order valence-corrected chi connectivity index (χ1v) is 8.59. The smallest absolute Gasteiger partial charge is 0.245 e. The van der Waals surface area contributed by atoms with Crippen molar-refractivity contribution in [1.29, 1.82) is 0 Å². The summed E-state index contributed by atoms with van der Waals surface area (Å²) in [5.41, 5.74) is 0.762. The number of hydrogen-bond donors (Lipinski definition) is 1. The summed E-state index contributed by atoms with van der Waals surface area (Å²) in [5, 5.41) is 6.78. The maximum Gasteiger partial charge on any atom is 0.245 e. The monoisotopic (exact) mass is 335 g/mol. The second-order valence-electron chi connectivity index (χ2n) is 5.28. The van der Waals surface area contributed by atoms with Crippen molar-refractivity contribution >= 4 is 15.9 Å². The molecule has 1 aliphatic heterocycles. The van der Waals surface area contributed by atoms with Gasteiger partial charge in [0.25, 0.3) is 0 Å². The summed E-state index contributed by atoms with van der Waals surface area (Å²) in [7, 11) is -2.11. The fourth-order valence-corrected chi connectivity index (χ4v) is 4.07. The number of carbonyl (C=O) groups excluding carboxylic acids is 1. The van der Waals surface area contributed by atoms with Crippen LogP contribution in [0.4, 0.5) is 0 Å². The van der Waals surface area contributed by atoms with E-state index in [1.165, 1.54) is 22.8 Å². The molecule has 0 fully saturated rings. The molecular formula is C14H17N5O3S. The third-order valence-corrected chi connectivity index (χ3v) is 5.62. The molecule has 0 radical (unpaired) electrons. The summed E-state index contributed by atoms with van der Waals surface area (Å²) in [6.07, 6.45) is 4.64. The molecule has 3 heterocycles.